The number of nitrogens with zero attached hydrogens (tertiary/aromatic N) is 1. The molecule has 0 aromatic heterocycles. The number of amides is 1. The van der Waals surface area contributed by atoms with E-state index in [1.54, 1.807) is 12.2 Å². The van der Waals surface area contributed by atoms with Crippen LogP contribution in [-0.2, 0) is 14.6 Å². The SMILES string of the molecule is O=C(/C=C/c1ccc2c(c1)OCO2)N1CC[NH+]([C@H]2CCS(=O)(=O)C2)CC1. The molecule has 140 valence electrons. The third-order valence-electron chi connectivity index (χ3n) is 5.34. The van der Waals surface area contributed by atoms with Gasteiger partial charge in [0.05, 0.1) is 31.9 Å². The van der Waals surface area contributed by atoms with E-state index in [0.29, 0.717) is 30.3 Å². The molecule has 0 saturated carbocycles. The van der Waals surface area contributed by atoms with E-state index in [4.69, 9.17) is 9.47 Å². The van der Waals surface area contributed by atoms with Crippen molar-refractivity contribution in [2.75, 3.05) is 44.5 Å². The summed E-state index contributed by atoms with van der Waals surface area (Å²) in [6, 6.07) is 5.78. The fourth-order valence-corrected chi connectivity index (χ4v) is 5.65. The number of rotatable bonds is 3. The van der Waals surface area contributed by atoms with Gasteiger partial charge < -0.3 is 19.3 Å². The van der Waals surface area contributed by atoms with Gasteiger partial charge in [-0.25, -0.2) is 8.42 Å². The van der Waals surface area contributed by atoms with Gasteiger partial charge in [0.25, 0.3) is 0 Å². The number of hydrogen-bond donors (Lipinski definition) is 1. The van der Waals surface area contributed by atoms with Crippen molar-refractivity contribution in [3.8, 4) is 11.5 Å². The number of benzene rings is 1. The van der Waals surface area contributed by atoms with Crippen LogP contribution >= 0.6 is 0 Å². The summed E-state index contributed by atoms with van der Waals surface area (Å²) in [4.78, 5) is 15.6. The van der Waals surface area contributed by atoms with Gasteiger partial charge in [-0.2, -0.15) is 0 Å². The lowest BCUT2D eigenvalue weighted by Crippen LogP contribution is -3.18. The average Bonchev–Trinajstić information content (AvgIpc) is 3.25. The summed E-state index contributed by atoms with van der Waals surface area (Å²) in [7, 11) is -2.85. The van der Waals surface area contributed by atoms with Crippen molar-refractivity contribution in [3.63, 3.8) is 0 Å². The first-order valence-corrected chi connectivity index (χ1v) is 10.7. The number of ether oxygens (including phenoxy) is 2. The summed E-state index contributed by atoms with van der Waals surface area (Å²) in [5, 5.41) is 0. The van der Waals surface area contributed by atoms with Gasteiger partial charge in [0, 0.05) is 12.5 Å². The lowest BCUT2D eigenvalue weighted by atomic mass is 10.1. The van der Waals surface area contributed by atoms with Crippen molar-refractivity contribution in [1.82, 2.24) is 4.90 Å². The molecule has 4 rings (SSSR count). The van der Waals surface area contributed by atoms with Crippen LogP contribution in [0.4, 0.5) is 0 Å². The Hall–Kier alpha value is -2.06. The van der Waals surface area contributed by atoms with E-state index in [2.05, 4.69) is 0 Å². The molecule has 3 heterocycles. The van der Waals surface area contributed by atoms with E-state index in [0.717, 1.165) is 30.8 Å². The molecule has 3 aliphatic rings. The van der Waals surface area contributed by atoms with Gasteiger partial charge >= 0.3 is 0 Å². The summed E-state index contributed by atoms with van der Waals surface area (Å²) in [6.45, 7) is 3.18. The lowest BCUT2D eigenvalue weighted by Gasteiger charge is -2.34. The van der Waals surface area contributed by atoms with Gasteiger partial charge in [-0.15, -0.1) is 0 Å². The predicted octanol–water partition coefficient (Wildman–Crippen LogP) is -0.657. The van der Waals surface area contributed by atoms with E-state index in [1.807, 2.05) is 23.1 Å². The van der Waals surface area contributed by atoms with Crippen molar-refractivity contribution in [3.05, 3.63) is 29.8 Å². The van der Waals surface area contributed by atoms with E-state index < -0.39 is 9.84 Å². The zero-order valence-electron chi connectivity index (χ0n) is 14.5. The van der Waals surface area contributed by atoms with Crippen LogP contribution in [0.5, 0.6) is 11.5 Å². The standard InChI is InChI=1S/C18H22N2O5S/c21-18(4-2-14-1-3-16-17(11-14)25-13-24-16)20-8-6-19(7-9-20)15-5-10-26(22,23)12-15/h1-4,11,15H,5-10,12-13H2/p+1/b4-2+/t15-/m0/s1. The number of hydrogen-bond acceptors (Lipinski definition) is 5. The van der Waals surface area contributed by atoms with Crippen LogP contribution in [0.2, 0.25) is 0 Å². The molecule has 26 heavy (non-hydrogen) atoms. The van der Waals surface area contributed by atoms with Gasteiger partial charge in [0.15, 0.2) is 21.3 Å². The molecule has 8 heteroatoms. The number of nitrogens with one attached hydrogen (secondary N) is 1. The average molecular weight is 379 g/mol. The Balaban J connectivity index is 1.31. The van der Waals surface area contributed by atoms with Gasteiger partial charge in [0.1, 0.15) is 11.8 Å². The lowest BCUT2D eigenvalue weighted by molar-refractivity contribution is -0.925. The molecule has 7 nitrogen and oxygen atoms in total. The molecular formula is C18H23N2O5S+. The van der Waals surface area contributed by atoms with Crippen LogP contribution in [0.15, 0.2) is 24.3 Å². The summed E-state index contributed by atoms with van der Waals surface area (Å²) in [5.41, 5.74) is 0.892. The van der Waals surface area contributed by atoms with Crippen LogP contribution in [0.1, 0.15) is 12.0 Å². The molecule has 0 bridgehead atoms. The van der Waals surface area contributed by atoms with Gasteiger partial charge in [-0.05, 0) is 23.8 Å². The summed E-state index contributed by atoms with van der Waals surface area (Å²) >= 11 is 0. The molecule has 0 radical (unpaired) electrons. The smallest absolute Gasteiger partial charge is 0.246 e. The van der Waals surface area contributed by atoms with Crippen LogP contribution in [0.25, 0.3) is 6.08 Å². The maximum atomic E-state index is 12.4. The zero-order valence-corrected chi connectivity index (χ0v) is 15.3. The predicted molar refractivity (Wildman–Crippen MR) is 95.9 cm³/mol. The van der Waals surface area contributed by atoms with E-state index in [9.17, 15) is 13.2 Å². The Labute approximate surface area is 153 Å². The zero-order chi connectivity index (χ0) is 18.1. The maximum absolute atomic E-state index is 12.4. The van der Waals surface area contributed by atoms with Crippen LogP contribution < -0.4 is 14.4 Å². The highest BCUT2D eigenvalue weighted by Crippen LogP contribution is 2.32. The fourth-order valence-electron chi connectivity index (χ4n) is 3.83. The largest absolute Gasteiger partial charge is 0.454 e. The first-order chi connectivity index (χ1) is 12.5. The number of carbonyl (C=O) groups excluding carboxylic acids is 1. The van der Waals surface area contributed by atoms with Crippen molar-refractivity contribution in [2.45, 2.75) is 12.5 Å². The minimum Gasteiger partial charge on any atom is -0.454 e. The fraction of sp³-hybridized carbons (Fsp3) is 0.500. The Bertz CT molecular complexity index is 828. The van der Waals surface area contributed by atoms with Crippen molar-refractivity contribution >= 4 is 21.8 Å². The first kappa shape index (κ1) is 17.4. The second-order valence-electron chi connectivity index (χ2n) is 7.03. The molecule has 2 saturated heterocycles. The summed E-state index contributed by atoms with van der Waals surface area (Å²) in [6.07, 6.45) is 4.12. The molecule has 3 aliphatic heterocycles. The van der Waals surface area contributed by atoms with E-state index in [1.165, 1.54) is 4.90 Å². The highest BCUT2D eigenvalue weighted by molar-refractivity contribution is 7.91. The molecule has 1 aromatic carbocycles. The topological polar surface area (TPSA) is 77.3 Å². The quantitative estimate of drug-likeness (QED) is 0.706. The third-order valence-corrected chi connectivity index (χ3v) is 7.11. The van der Waals surface area contributed by atoms with Crippen LogP contribution in [-0.4, -0.2) is 69.7 Å². The van der Waals surface area contributed by atoms with E-state index >= 15 is 0 Å². The molecule has 2 fully saturated rings. The molecule has 1 atom stereocenters. The number of quaternary nitrogens is 1. The van der Waals surface area contributed by atoms with Crippen molar-refractivity contribution in [2.24, 2.45) is 0 Å². The highest BCUT2D eigenvalue weighted by atomic mass is 32.2. The monoisotopic (exact) mass is 379 g/mol. The molecular weight excluding hydrogens is 356 g/mol. The number of sulfone groups is 1. The van der Waals surface area contributed by atoms with Crippen molar-refractivity contribution < 1.29 is 27.6 Å². The maximum Gasteiger partial charge on any atom is 0.246 e. The molecule has 1 N–H and O–H groups in total. The normalized spacial score (nSPS) is 25.1. The van der Waals surface area contributed by atoms with E-state index in [-0.39, 0.29) is 18.7 Å². The second-order valence-corrected chi connectivity index (χ2v) is 9.26. The van der Waals surface area contributed by atoms with Crippen LogP contribution in [0, 0.1) is 0 Å². The molecule has 0 spiro atoms. The molecule has 0 unspecified atom stereocenters. The molecule has 0 aliphatic carbocycles. The van der Waals surface area contributed by atoms with Crippen molar-refractivity contribution in [1.29, 1.82) is 0 Å². The minimum atomic E-state index is -2.85. The van der Waals surface area contributed by atoms with Gasteiger partial charge in [-0.3, -0.25) is 4.79 Å². The third kappa shape index (κ3) is 3.71. The number of fused-ring (bicyclic) bond motifs is 1. The molecule has 1 amide bonds. The summed E-state index contributed by atoms with van der Waals surface area (Å²) in [5.74, 6) is 2.01. The molecule has 1 aromatic rings. The van der Waals surface area contributed by atoms with Crippen LogP contribution in [0.3, 0.4) is 0 Å². The first-order valence-electron chi connectivity index (χ1n) is 8.92. The number of piperazine rings is 1. The summed E-state index contributed by atoms with van der Waals surface area (Å²) < 4.78 is 33.9. The van der Waals surface area contributed by atoms with Gasteiger partial charge in [0.2, 0.25) is 12.7 Å². The second kappa shape index (κ2) is 6.92. The Morgan fingerprint density at radius 2 is 1.96 bits per heavy atom. The Morgan fingerprint density at radius 3 is 2.69 bits per heavy atom. The Kier molecular flexibility index (Phi) is 4.62. The number of carbonyl (C=O) groups is 1. The van der Waals surface area contributed by atoms with Gasteiger partial charge in [-0.1, -0.05) is 6.07 Å². The highest BCUT2D eigenvalue weighted by Gasteiger charge is 2.37. The minimum absolute atomic E-state index is 0.0132. The Morgan fingerprint density at radius 1 is 1.19 bits per heavy atom.